The van der Waals surface area contributed by atoms with Crippen LogP contribution in [-0.2, 0) is 0 Å². The lowest BCUT2D eigenvalue weighted by Crippen LogP contribution is -2.53. The van der Waals surface area contributed by atoms with Crippen LogP contribution in [-0.4, -0.2) is 0 Å². The van der Waals surface area contributed by atoms with Crippen LogP contribution < -0.4 is 0 Å². The van der Waals surface area contributed by atoms with E-state index in [1.807, 2.05) is 0 Å². The molecular formula is C30H54. The molecule has 4 rings (SSSR count). The molecule has 0 heterocycles. The topological polar surface area (TPSA) is 0 Å². The van der Waals surface area contributed by atoms with E-state index in [-0.39, 0.29) is 0 Å². The summed E-state index contributed by atoms with van der Waals surface area (Å²) in [5.41, 5.74) is 1.34. The van der Waals surface area contributed by atoms with E-state index >= 15 is 0 Å². The smallest absolute Gasteiger partial charge is 0.0264 e. The van der Waals surface area contributed by atoms with E-state index in [9.17, 15) is 0 Å². The van der Waals surface area contributed by atoms with E-state index in [2.05, 4.69) is 48.5 Å². The van der Waals surface area contributed by atoms with Crippen LogP contribution in [0.2, 0.25) is 0 Å². The minimum absolute atomic E-state index is 0.658. The van der Waals surface area contributed by atoms with Gasteiger partial charge in [0.2, 0.25) is 0 Å². The highest BCUT2D eigenvalue weighted by atomic mass is 14.6. The molecule has 30 heavy (non-hydrogen) atoms. The quantitative estimate of drug-likeness (QED) is 0.406. The van der Waals surface area contributed by atoms with E-state index in [0.717, 1.165) is 53.3 Å². The number of rotatable bonds is 6. The van der Waals surface area contributed by atoms with Crippen molar-refractivity contribution in [2.24, 2.45) is 64.1 Å². The van der Waals surface area contributed by atoms with Crippen molar-refractivity contribution >= 4 is 0 Å². The molecule has 4 saturated carbocycles. The molecule has 0 radical (unpaired) electrons. The monoisotopic (exact) mass is 414 g/mol. The maximum atomic E-state index is 2.76. The lowest BCUT2D eigenvalue weighted by molar-refractivity contribution is -0.120. The molecule has 0 saturated heterocycles. The first-order chi connectivity index (χ1) is 14.2. The number of hydrogen-bond acceptors (Lipinski definition) is 0. The molecule has 0 heteroatoms. The molecular weight excluding hydrogens is 360 g/mol. The largest absolute Gasteiger partial charge is 0.0651 e. The van der Waals surface area contributed by atoms with Gasteiger partial charge in [-0.3, -0.25) is 0 Å². The standard InChI is InChI=1S/C30H54/c1-8-23(20(2)3)10-9-22(5)26-13-14-27-25-12-11-24-19-21(4)15-17-29(24,6)28(25)16-18-30(26,27)7/h20-28H,8-19H2,1-7H3/t21-,22+,23+,24?,25-,26+,27-,28-,29-,30+/m0/s1. The summed E-state index contributed by atoms with van der Waals surface area (Å²) >= 11 is 0. The summed E-state index contributed by atoms with van der Waals surface area (Å²) in [5.74, 6) is 8.95. The molecule has 0 nitrogen and oxygen atoms in total. The Balaban J connectivity index is 1.45. The van der Waals surface area contributed by atoms with Gasteiger partial charge < -0.3 is 0 Å². The van der Waals surface area contributed by atoms with Crippen molar-refractivity contribution in [1.29, 1.82) is 0 Å². The normalized spacial score (nSPS) is 48.0. The third kappa shape index (κ3) is 3.83. The average Bonchev–Trinajstić information content (AvgIpc) is 3.06. The van der Waals surface area contributed by atoms with Gasteiger partial charge in [-0.25, -0.2) is 0 Å². The van der Waals surface area contributed by atoms with Crippen molar-refractivity contribution in [2.45, 2.75) is 126 Å². The molecule has 0 aliphatic heterocycles. The molecule has 0 bridgehead atoms. The Labute approximate surface area is 189 Å². The fraction of sp³-hybridized carbons (Fsp3) is 1.00. The first kappa shape index (κ1) is 23.2. The summed E-state index contributed by atoms with van der Waals surface area (Å²) < 4.78 is 0. The molecule has 0 spiro atoms. The van der Waals surface area contributed by atoms with Crippen molar-refractivity contribution in [2.75, 3.05) is 0 Å². The van der Waals surface area contributed by atoms with Gasteiger partial charge in [-0.15, -0.1) is 0 Å². The van der Waals surface area contributed by atoms with Crippen LogP contribution in [0.5, 0.6) is 0 Å². The number of fused-ring (bicyclic) bond motifs is 5. The Kier molecular flexibility index (Phi) is 6.75. The van der Waals surface area contributed by atoms with Crippen LogP contribution in [0.3, 0.4) is 0 Å². The van der Waals surface area contributed by atoms with Gasteiger partial charge in [0.25, 0.3) is 0 Å². The summed E-state index contributed by atoms with van der Waals surface area (Å²) in [5, 5.41) is 0. The van der Waals surface area contributed by atoms with Crippen LogP contribution in [0.15, 0.2) is 0 Å². The molecule has 4 aliphatic carbocycles. The van der Waals surface area contributed by atoms with Crippen LogP contribution in [0.4, 0.5) is 0 Å². The van der Waals surface area contributed by atoms with Gasteiger partial charge in [-0.2, -0.15) is 0 Å². The highest BCUT2D eigenvalue weighted by molar-refractivity contribution is 5.09. The Morgan fingerprint density at radius 3 is 2.20 bits per heavy atom. The zero-order valence-corrected chi connectivity index (χ0v) is 21.7. The first-order valence-electron chi connectivity index (χ1n) is 14.2. The Morgan fingerprint density at radius 2 is 1.50 bits per heavy atom. The van der Waals surface area contributed by atoms with E-state index in [0.29, 0.717) is 10.8 Å². The summed E-state index contributed by atoms with van der Waals surface area (Å²) in [6, 6.07) is 0. The summed E-state index contributed by atoms with van der Waals surface area (Å²) in [6.45, 7) is 18.0. The summed E-state index contributed by atoms with van der Waals surface area (Å²) in [4.78, 5) is 0. The Bertz CT molecular complexity index is 577. The SMILES string of the molecule is CC[C@H](CC[C@@H](C)[C@H]1CC[C@H]2[C@@H]3CCC4C[C@@H](C)CC[C@]4(C)[C@H]3CC[C@]12C)C(C)C. The summed E-state index contributed by atoms with van der Waals surface area (Å²) in [6.07, 6.45) is 18.2. The Morgan fingerprint density at radius 1 is 0.800 bits per heavy atom. The molecule has 1 unspecified atom stereocenters. The molecule has 10 atom stereocenters. The fourth-order valence-electron chi connectivity index (χ4n) is 10.1. The van der Waals surface area contributed by atoms with Gasteiger partial charge in [-0.1, -0.05) is 67.7 Å². The second kappa shape index (κ2) is 8.74. The lowest BCUT2D eigenvalue weighted by atomic mass is 9.44. The van der Waals surface area contributed by atoms with Gasteiger partial charge in [-0.05, 0) is 122 Å². The zero-order valence-electron chi connectivity index (χ0n) is 21.7. The molecule has 4 fully saturated rings. The minimum Gasteiger partial charge on any atom is -0.0651 e. The predicted molar refractivity (Wildman–Crippen MR) is 131 cm³/mol. The van der Waals surface area contributed by atoms with Crippen molar-refractivity contribution in [1.82, 2.24) is 0 Å². The third-order valence-corrected chi connectivity index (χ3v) is 12.1. The van der Waals surface area contributed by atoms with Crippen molar-refractivity contribution in [3.8, 4) is 0 Å². The second-order valence-corrected chi connectivity index (χ2v) is 13.7. The van der Waals surface area contributed by atoms with Gasteiger partial charge in [0.05, 0.1) is 0 Å². The van der Waals surface area contributed by atoms with Crippen molar-refractivity contribution in [3.05, 3.63) is 0 Å². The average molecular weight is 415 g/mol. The van der Waals surface area contributed by atoms with E-state index in [1.54, 1.807) is 38.5 Å². The molecule has 0 aromatic carbocycles. The fourth-order valence-corrected chi connectivity index (χ4v) is 10.1. The van der Waals surface area contributed by atoms with Crippen LogP contribution in [0.1, 0.15) is 126 Å². The third-order valence-electron chi connectivity index (χ3n) is 12.1. The summed E-state index contributed by atoms with van der Waals surface area (Å²) in [7, 11) is 0. The molecule has 0 aromatic heterocycles. The maximum absolute atomic E-state index is 2.76. The Hall–Kier alpha value is 0. The zero-order chi connectivity index (χ0) is 21.7. The van der Waals surface area contributed by atoms with Gasteiger partial charge >= 0.3 is 0 Å². The van der Waals surface area contributed by atoms with Crippen LogP contribution in [0.25, 0.3) is 0 Å². The molecule has 0 aromatic rings. The highest BCUT2D eigenvalue weighted by Crippen LogP contribution is 2.68. The highest BCUT2D eigenvalue weighted by Gasteiger charge is 2.60. The van der Waals surface area contributed by atoms with Crippen molar-refractivity contribution in [3.63, 3.8) is 0 Å². The molecule has 4 aliphatic rings. The molecule has 0 N–H and O–H groups in total. The van der Waals surface area contributed by atoms with Crippen molar-refractivity contribution < 1.29 is 0 Å². The molecule has 0 amide bonds. The van der Waals surface area contributed by atoms with E-state index in [1.165, 1.54) is 38.5 Å². The van der Waals surface area contributed by atoms with E-state index < -0.39 is 0 Å². The van der Waals surface area contributed by atoms with Gasteiger partial charge in [0, 0.05) is 0 Å². The predicted octanol–water partition coefficient (Wildman–Crippen LogP) is 9.38. The second-order valence-electron chi connectivity index (χ2n) is 13.7. The first-order valence-corrected chi connectivity index (χ1v) is 14.2. The number of hydrogen-bond donors (Lipinski definition) is 0. The maximum Gasteiger partial charge on any atom is -0.0264 e. The van der Waals surface area contributed by atoms with Gasteiger partial charge in [0.15, 0.2) is 0 Å². The van der Waals surface area contributed by atoms with Crippen LogP contribution in [0, 0.1) is 64.1 Å². The lowest BCUT2D eigenvalue weighted by Gasteiger charge is -2.61. The van der Waals surface area contributed by atoms with E-state index in [4.69, 9.17) is 0 Å². The molecule has 174 valence electrons. The minimum atomic E-state index is 0.658. The van der Waals surface area contributed by atoms with Gasteiger partial charge in [0.1, 0.15) is 0 Å². The van der Waals surface area contributed by atoms with Crippen LogP contribution >= 0.6 is 0 Å².